The summed E-state index contributed by atoms with van der Waals surface area (Å²) in [6, 6.07) is 32.4. The first-order chi connectivity index (χ1) is 19.5. The van der Waals surface area contributed by atoms with Crippen LogP contribution in [-0.2, 0) is 17.8 Å². The number of anilines is 1. The number of aryl methyl sites for hydroxylation is 1. The third-order valence-corrected chi connectivity index (χ3v) is 6.96. The number of nitrogens with zero attached hydrogens (tertiary/aromatic N) is 4. The number of nitrogens with one attached hydrogen (secondary N) is 2. The molecule has 200 valence electrons. The lowest BCUT2D eigenvalue weighted by atomic mass is 9.98. The Labute approximate surface area is 237 Å². The monoisotopic (exact) mass is 548 g/mol. The fraction of sp³-hybridized carbons (Fsp3) is 0.129. The predicted molar refractivity (Wildman–Crippen MR) is 160 cm³/mol. The van der Waals surface area contributed by atoms with Crippen LogP contribution in [0.5, 0.6) is 0 Å². The zero-order valence-electron chi connectivity index (χ0n) is 21.9. The summed E-state index contributed by atoms with van der Waals surface area (Å²) in [5.41, 5.74) is 6.59. The Hall–Kier alpha value is -4.89. The van der Waals surface area contributed by atoms with Crippen LogP contribution in [0.3, 0.4) is 0 Å². The van der Waals surface area contributed by atoms with E-state index in [1.165, 1.54) is 0 Å². The van der Waals surface area contributed by atoms with Crippen LogP contribution >= 0.6 is 12.2 Å². The molecule has 5 rings (SSSR count). The number of thiocarbonyl (C=S) groups is 1. The molecule has 0 aliphatic carbocycles. The van der Waals surface area contributed by atoms with E-state index in [4.69, 9.17) is 12.2 Å². The van der Waals surface area contributed by atoms with Crippen molar-refractivity contribution in [2.24, 2.45) is 0 Å². The van der Waals surface area contributed by atoms with Gasteiger partial charge >= 0.3 is 5.97 Å². The van der Waals surface area contributed by atoms with E-state index in [0.717, 1.165) is 39.1 Å². The Morgan fingerprint density at radius 3 is 2.23 bits per heavy atom. The Balaban J connectivity index is 1.43. The van der Waals surface area contributed by atoms with Crippen molar-refractivity contribution in [1.29, 1.82) is 0 Å². The molecule has 40 heavy (non-hydrogen) atoms. The molecule has 0 spiro atoms. The minimum Gasteiger partial charge on any atom is -0.480 e. The van der Waals surface area contributed by atoms with Crippen molar-refractivity contribution < 1.29 is 9.90 Å². The van der Waals surface area contributed by atoms with Crippen LogP contribution in [0.1, 0.15) is 16.7 Å². The molecule has 4 aromatic carbocycles. The van der Waals surface area contributed by atoms with E-state index in [-0.39, 0.29) is 0 Å². The molecule has 0 saturated heterocycles. The van der Waals surface area contributed by atoms with Crippen molar-refractivity contribution in [3.05, 3.63) is 120 Å². The quantitative estimate of drug-likeness (QED) is 0.200. The molecule has 1 atom stereocenters. The van der Waals surface area contributed by atoms with Crippen LogP contribution in [0.4, 0.5) is 5.69 Å². The second kappa shape index (κ2) is 12.3. The normalized spacial score (nSPS) is 11.5. The second-order valence-corrected chi connectivity index (χ2v) is 9.83. The molecule has 8 nitrogen and oxygen atoms in total. The highest BCUT2D eigenvalue weighted by molar-refractivity contribution is 7.80. The number of rotatable bonds is 9. The molecule has 0 radical (unpaired) electrons. The molecule has 0 aliphatic heterocycles. The van der Waals surface area contributed by atoms with Gasteiger partial charge in [-0.2, -0.15) is 5.21 Å². The molecule has 0 bridgehead atoms. The summed E-state index contributed by atoms with van der Waals surface area (Å²) >= 11 is 5.80. The zero-order valence-corrected chi connectivity index (χ0v) is 22.7. The molecule has 5 aromatic rings. The number of carboxylic acid groups (broad SMARTS) is 1. The summed E-state index contributed by atoms with van der Waals surface area (Å²) in [7, 11) is 0. The fourth-order valence-corrected chi connectivity index (χ4v) is 4.83. The van der Waals surface area contributed by atoms with E-state index in [0.29, 0.717) is 23.9 Å². The smallest absolute Gasteiger partial charge is 0.326 e. The molecule has 0 saturated carbocycles. The molecular weight excluding hydrogens is 520 g/mol. The van der Waals surface area contributed by atoms with Gasteiger partial charge in [0.05, 0.1) is 0 Å². The zero-order chi connectivity index (χ0) is 27.9. The molecule has 3 N–H and O–H groups in total. The summed E-state index contributed by atoms with van der Waals surface area (Å²) in [6.07, 6.45) is 0.308. The third-order valence-electron chi connectivity index (χ3n) is 6.63. The first-order valence-electron chi connectivity index (χ1n) is 12.8. The van der Waals surface area contributed by atoms with E-state index >= 15 is 0 Å². The van der Waals surface area contributed by atoms with Crippen LogP contribution in [0.2, 0.25) is 0 Å². The van der Waals surface area contributed by atoms with Crippen LogP contribution in [0, 0.1) is 6.92 Å². The second-order valence-electron chi connectivity index (χ2n) is 9.45. The highest BCUT2D eigenvalue weighted by atomic mass is 32.1. The summed E-state index contributed by atoms with van der Waals surface area (Å²) in [4.78, 5) is 14.3. The molecule has 0 aliphatic rings. The van der Waals surface area contributed by atoms with Gasteiger partial charge in [-0.05, 0) is 58.7 Å². The van der Waals surface area contributed by atoms with E-state index in [9.17, 15) is 9.90 Å². The van der Waals surface area contributed by atoms with Gasteiger partial charge < -0.3 is 15.3 Å². The number of carbonyl (C=O) groups is 1. The number of hydrogen-bond donors (Lipinski definition) is 3. The average molecular weight is 549 g/mol. The molecule has 0 fully saturated rings. The van der Waals surface area contributed by atoms with Crippen LogP contribution in [0.25, 0.3) is 22.5 Å². The topological polar surface area (TPSA) is 107 Å². The van der Waals surface area contributed by atoms with Gasteiger partial charge in [-0.1, -0.05) is 96.6 Å². The average Bonchev–Trinajstić information content (AvgIpc) is 3.52. The fourth-order valence-electron chi connectivity index (χ4n) is 4.52. The summed E-state index contributed by atoms with van der Waals surface area (Å²) in [5, 5.41) is 28.3. The number of benzene rings is 4. The number of hydrogen-bond acceptors (Lipinski definition) is 5. The Morgan fingerprint density at radius 1 is 0.900 bits per heavy atom. The molecule has 1 heterocycles. The van der Waals surface area contributed by atoms with Gasteiger partial charge in [0.1, 0.15) is 6.04 Å². The van der Waals surface area contributed by atoms with E-state index in [1.807, 2.05) is 110 Å². The maximum Gasteiger partial charge on any atom is 0.326 e. The SMILES string of the molecule is Cc1ccc(NC(=S)N(Cc2ccc(-c3ccccc3-c3nn[nH]n3)cc2)[C@@H](Cc2ccccc2)C(=O)O)cc1. The van der Waals surface area contributed by atoms with Crippen molar-refractivity contribution >= 4 is 29.0 Å². The van der Waals surface area contributed by atoms with Crippen molar-refractivity contribution in [3.8, 4) is 22.5 Å². The van der Waals surface area contributed by atoms with Crippen LogP contribution in [-0.4, -0.2) is 47.8 Å². The van der Waals surface area contributed by atoms with Crippen molar-refractivity contribution in [3.63, 3.8) is 0 Å². The van der Waals surface area contributed by atoms with E-state index in [1.54, 1.807) is 4.90 Å². The molecule has 1 aromatic heterocycles. The van der Waals surface area contributed by atoms with E-state index in [2.05, 4.69) is 25.9 Å². The Bertz CT molecular complexity index is 1570. The number of aliphatic carboxylic acids is 1. The van der Waals surface area contributed by atoms with Crippen LogP contribution in [0.15, 0.2) is 103 Å². The standard InChI is InChI=1S/C31H28N6O2S/c1-21-11-17-25(18-12-21)32-31(40)37(28(30(38)39)19-22-7-3-2-4-8-22)20-23-13-15-24(16-14-23)26-9-5-6-10-27(26)29-33-35-36-34-29/h2-18,28H,19-20H2,1H3,(H,32,40)(H,38,39)(H,33,34,35,36)/t28-/m0/s1. The summed E-state index contributed by atoms with van der Waals surface area (Å²) in [5.74, 6) is -0.425. The number of carboxylic acids is 1. The Morgan fingerprint density at radius 2 is 1.57 bits per heavy atom. The van der Waals surface area contributed by atoms with Gasteiger partial charge in [0.2, 0.25) is 5.82 Å². The molecule has 0 amide bonds. The van der Waals surface area contributed by atoms with Crippen molar-refractivity contribution in [2.75, 3.05) is 5.32 Å². The van der Waals surface area contributed by atoms with Gasteiger partial charge in [-0.3, -0.25) is 0 Å². The maximum absolute atomic E-state index is 12.6. The number of H-pyrrole nitrogens is 1. The van der Waals surface area contributed by atoms with Gasteiger partial charge in [0.15, 0.2) is 5.11 Å². The van der Waals surface area contributed by atoms with Gasteiger partial charge in [-0.25, -0.2) is 4.79 Å². The first kappa shape index (κ1) is 26.7. The number of tetrazole rings is 1. The lowest BCUT2D eigenvalue weighted by Gasteiger charge is -2.32. The Kier molecular flexibility index (Phi) is 8.22. The minimum atomic E-state index is -0.942. The lowest BCUT2D eigenvalue weighted by Crippen LogP contribution is -2.47. The number of aromatic nitrogens is 4. The summed E-state index contributed by atoms with van der Waals surface area (Å²) in [6.45, 7) is 2.33. The molecule has 0 unspecified atom stereocenters. The van der Waals surface area contributed by atoms with Gasteiger partial charge in [-0.15, -0.1) is 10.2 Å². The highest BCUT2D eigenvalue weighted by Crippen LogP contribution is 2.30. The van der Waals surface area contributed by atoms with Crippen molar-refractivity contribution in [2.45, 2.75) is 25.9 Å². The molecular formula is C31H28N6O2S. The third kappa shape index (κ3) is 6.39. The van der Waals surface area contributed by atoms with Gasteiger partial charge in [0.25, 0.3) is 0 Å². The minimum absolute atomic E-state index is 0.308. The van der Waals surface area contributed by atoms with Crippen molar-refractivity contribution in [1.82, 2.24) is 25.5 Å². The maximum atomic E-state index is 12.6. The van der Waals surface area contributed by atoms with Gasteiger partial charge in [0, 0.05) is 24.2 Å². The first-order valence-corrected chi connectivity index (χ1v) is 13.2. The highest BCUT2D eigenvalue weighted by Gasteiger charge is 2.28. The van der Waals surface area contributed by atoms with Crippen LogP contribution < -0.4 is 5.32 Å². The largest absolute Gasteiger partial charge is 0.480 e. The molecule has 9 heteroatoms. The predicted octanol–water partition coefficient (Wildman–Crippen LogP) is 5.74. The van der Waals surface area contributed by atoms with E-state index < -0.39 is 12.0 Å². The summed E-state index contributed by atoms with van der Waals surface area (Å²) < 4.78 is 0. The lowest BCUT2D eigenvalue weighted by molar-refractivity contribution is -0.141. The number of aromatic amines is 1.